The SMILES string of the molecule is CCNC(c1cccc(Cl)c1)C1CCC(C(F)(F)F)CC1. The Morgan fingerprint density at radius 1 is 1.24 bits per heavy atom. The predicted octanol–water partition coefficient (Wildman–Crippen LogP) is 5.36. The van der Waals surface area contributed by atoms with E-state index in [1.807, 2.05) is 31.2 Å². The summed E-state index contributed by atoms with van der Waals surface area (Å²) in [4.78, 5) is 0. The molecule has 1 aliphatic carbocycles. The second kappa shape index (κ2) is 7.01. The Bertz CT molecular complexity index is 453. The highest BCUT2D eigenvalue weighted by Gasteiger charge is 2.42. The first kappa shape index (κ1) is 16.6. The van der Waals surface area contributed by atoms with Crippen LogP contribution < -0.4 is 5.32 Å². The van der Waals surface area contributed by atoms with E-state index in [9.17, 15) is 13.2 Å². The lowest BCUT2D eigenvalue weighted by Gasteiger charge is -2.35. The van der Waals surface area contributed by atoms with Gasteiger partial charge in [-0.15, -0.1) is 0 Å². The third-order valence-electron chi connectivity index (χ3n) is 4.34. The summed E-state index contributed by atoms with van der Waals surface area (Å²) in [6, 6.07) is 7.69. The molecular weight excluding hydrogens is 299 g/mol. The van der Waals surface area contributed by atoms with Crippen LogP contribution >= 0.6 is 11.6 Å². The third-order valence-corrected chi connectivity index (χ3v) is 4.57. The molecule has 1 N–H and O–H groups in total. The zero-order valence-electron chi connectivity index (χ0n) is 12.1. The molecule has 1 aromatic rings. The summed E-state index contributed by atoms with van der Waals surface area (Å²) >= 11 is 6.03. The van der Waals surface area contributed by atoms with Crippen LogP contribution in [0, 0.1) is 11.8 Å². The summed E-state index contributed by atoms with van der Waals surface area (Å²) in [6.45, 7) is 2.80. The normalized spacial score (nSPS) is 24.8. The van der Waals surface area contributed by atoms with Crippen molar-refractivity contribution in [1.82, 2.24) is 5.32 Å². The zero-order chi connectivity index (χ0) is 15.5. The molecule has 0 radical (unpaired) electrons. The van der Waals surface area contributed by atoms with Gasteiger partial charge in [0.2, 0.25) is 0 Å². The van der Waals surface area contributed by atoms with E-state index in [0.717, 1.165) is 12.1 Å². The number of benzene rings is 1. The molecule has 0 aromatic heterocycles. The second-order valence-corrected chi connectivity index (χ2v) is 6.18. The van der Waals surface area contributed by atoms with Gasteiger partial charge in [0, 0.05) is 11.1 Å². The molecule has 1 nitrogen and oxygen atoms in total. The first-order valence-corrected chi connectivity index (χ1v) is 7.85. The van der Waals surface area contributed by atoms with Gasteiger partial charge in [0.15, 0.2) is 0 Å². The molecule has 0 spiro atoms. The number of hydrogen-bond acceptors (Lipinski definition) is 1. The Hall–Kier alpha value is -0.740. The quantitative estimate of drug-likeness (QED) is 0.787. The van der Waals surface area contributed by atoms with Crippen LogP contribution in [-0.2, 0) is 0 Å². The molecule has 2 rings (SSSR count). The predicted molar refractivity (Wildman–Crippen MR) is 79.4 cm³/mol. The average Bonchev–Trinajstić information content (AvgIpc) is 2.44. The van der Waals surface area contributed by atoms with Crippen molar-refractivity contribution in [2.75, 3.05) is 6.54 Å². The zero-order valence-corrected chi connectivity index (χ0v) is 12.8. The van der Waals surface area contributed by atoms with Crippen molar-refractivity contribution in [2.45, 2.75) is 44.8 Å². The average molecular weight is 320 g/mol. The molecule has 0 saturated heterocycles. The Balaban J connectivity index is 2.07. The molecular formula is C16H21ClF3N. The molecule has 1 fully saturated rings. The van der Waals surface area contributed by atoms with Crippen molar-refractivity contribution in [2.24, 2.45) is 11.8 Å². The minimum atomic E-state index is -4.05. The fourth-order valence-corrected chi connectivity index (χ4v) is 3.46. The van der Waals surface area contributed by atoms with Crippen molar-refractivity contribution >= 4 is 11.6 Å². The summed E-state index contributed by atoms with van der Waals surface area (Å²) in [5.74, 6) is -0.891. The topological polar surface area (TPSA) is 12.0 Å². The number of hydrogen-bond donors (Lipinski definition) is 1. The van der Waals surface area contributed by atoms with Crippen molar-refractivity contribution in [3.63, 3.8) is 0 Å². The lowest BCUT2D eigenvalue weighted by molar-refractivity contribution is -0.184. The highest BCUT2D eigenvalue weighted by atomic mass is 35.5. The monoisotopic (exact) mass is 319 g/mol. The number of nitrogens with one attached hydrogen (secondary N) is 1. The van der Waals surface area contributed by atoms with Crippen LogP contribution in [0.2, 0.25) is 5.02 Å². The van der Waals surface area contributed by atoms with Crippen LogP contribution in [0.15, 0.2) is 24.3 Å². The van der Waals surface area contributed by atoms with Crippen LogP contribution in [0.4, 0.5) is 13.2 Å². The third kappa shape index (κ3) is 4.36. The molecule has 1 aromatic carbocycles. The molecule has 0 heterocycles. The van der Waals surface area contributed by atoms with Gasteiger partial charge < -0.3 is 5.32 Å². The van der Waals surface area contributed by atoms with Gasteiger partial charge >= 0.3 is 6.18 Å². The molecule has 1 saturated carbocycles. The molecule has 0 amide bonds. The smallest absolute Gasteiger partial charge is 0.310 e. The fraction of sp³-hybridized carbons (Fsp3) is 0.625. The molecule has 118 valence electrons. The van der Waals surface area contributed by atoms with Crippen LogP contribution in [0.1, 0.15) is 44.2 Å². The standard InChI is InChI=1S/C16H21ClF3N/c1-2-21-15(12-4-3-5-14(17)10-12)11-6-8-13(9-7-11)16(18,19)20/h3-5,10-11,13,15,21H,2,6-9H2,1H3. The van der Waals surface area contributed by atoms with Gasteiger partial charge in [-0.1, -0.05) is 30.7 Å². The minimum absolute atomic E-state index is 0.0860. The van der Waals surface area contributed by atoms with Crippen molar-refractivity contribution in [3.05, 3.63) is 34.9 Å². The lowest BCUT2D eigenvalue weighted by Crippen LogP contribution is -2.34. The van der Waals surface area contributed by atoms with Crippen LogP contribution in [0.5, 0.6) is 0 Å². The molecule has 0 bridgehead atoms. The number of halogens is 4. The summed E-state index contributed by atoms with van der Waals surface area (Å²) in [6.07, 6.45) is -2.37. The van der Waals surface area contributed by atoms with Crippen molar-refractivity contribution in [3.8, 4) is 0 Å². The summed E-state index contributed by atoms with van der Waals surface area (Å²) in [5, 5.41) is 4.08. The van der Waals surface area contributed by atoms with E-state index >= 15 is 0 Å². The molecule has 1 aliphatic rings. The number of rotatable bonds is 4. The van der Waals surface area contributed by atoms with Crippen molar-refractivity contribution in [1.29, 1.82) is 0 Å². The van der Waals surface area contributed by atoms with E-state index in [4.69, 9.17) is 11.6 Å². The molecule has 1 unspecified atom stereocenters. The Morgan fingerprint density at radius 2 is 1.90 bits per heavy atom. The van der Waals surface area contributed by atoms with E-state index < -0.39 is 12.1 Å². The summed E-state index contributed by atoms with van der Waals surface area (Å²) in [7, 11) is 0. The Kier molecular flexibility index (Phi) is 5.55. The van der Waals surface area contributed by atoms with Crippen LogP contribution in [-0.4, -0.2) is 12.7 Å². The largest absolute Gasteiger partial charge is 0.391 e. The highest BCUT2D eigenvalue weighted by molar-refractivity contribution is 6.30. The fourth-order valence-electron chi connectivity index (χ4n) is 3.26. The number of alkyl halides is 3. The van der Waals surface area contributed by atoms with E-state index in [-0.39, 0.29) is 24.8 Å². The Morgan fingerprint density at radius 3 is 2.43 bits per heavy atom. The maximum Gasteiger partial charge on any atom is 0.391 e. The van der Waals surface area contributed by atoms with Gasteiger partial charge in [-0.2, -0.15) is 13.2 Å². The van der Waals surface area contributed by atoms with Gasteiger partial charge in [-0.05, 0) is 55.8 Å². The van der Waals surface area contributed by atoms with Gasteiger partial charge in [0.05, 0.1) is 5.92 Å². The first-order valence-electron chi connectivity index (χ1n) is 7.47. The van der Waals surface area contributed by atoms with Crippen LogP contribution in [0.25, 0.3) is 0 Å². The van der Waals surface area contributed by atoms with Gasteiger partial charge in [-0.25, -0.2) is 0 Å². The minimum Gasteiger partial charge on any atom is -0.310 e. The van der Waals surface area contributed by atoms with E-state index in [2.05, 4.69) is 5.32 Å². The second-order valence-electron chi connectivity index (χ2n) is 5.74. The molecule has 21 heavy (non-hydrogen) atoms. The van der Waals surface area contributed by atoms with Gasteiger partial charge in [0.1, 0.15) is 0 Å². The first-order chi connectivity index (χ1) is 9.91. The maximum absolute atomic E-state index is 12.8. The summed E-state index contributed by atoms with van der Waals surface area (Å²) in [5.41, 5.74) is 1.07. The van der Waals surface area contributed by atoms with Gasteiger partial charge in [0.25, 0.3) is 0 Å². The van der Waals surface area contributed by atoms with E-state index in [0.29, 0.717) is 17.9 Å². The van der Waals surface area contributed by atoms with Crippen molar-refractivity contribution < 1.29 is 13.2 Å². The van der Waals surface area contributed by atoms with E-state index in [1.165, 1.54) is 0 Å². The van der Waals surface area contributed by atoms with Gasteiger partial charge in [-0.3, -0.25) is 0 Å². The van der Waals surface area contributed by atoms with E-state index in [1.54, 1.807) is 0 Å². The Labute approximate surface area is 128 Å². The maximum atomic E-state index is 12.8. The summed E-state index contributed by atoms with van der Waals surface area (Å²) < 4.78 is 38.3. The lowest BCUT2D eigenvalue weighted by atomic mass is 9.76. The molecule has 1 atom stereocenters. The highest BCUT2D eigenvalue weighted by Crippen LogP contribution is 2.43. The van der Waals surface area contributed by atoms with Crippen LogP contribution in [0.3, 0.4) is 0 Å². The molecule has 5 heteroatoms. The molecule has 0 aliphatic heterocycles.